The van der Waals surface area contributed by atoms with Crippen molar-refractivity contribution in [2.24, 2.45) is 5.73 Å². The van der Waals surface area contributed by atoms with Crippen LogP contribution >= 0.6 is 11.3 Å². The number of carboxylic acid groups (broad SMARTS) is 1. The number of nitrogens with zero attached hydrogens (tertiary/aromatic N) is 1. The molecule has 1 aromatic rings. The Hall–Kier alpha value is -1.40. The average molecular weight is 268 g/mol. The molecule has 1 aliphatic heterocycles. The Kier molecular flexibility index (Phi) is 3.98. The van der Waals surface area contributed by atoms with E-state index in [4.69, 9.17) is 10.8 Å². The normalized spacial score (nSPS) is 21.6. The van der Waals surface area contributed by atoms with Crippen LogP contribution in [0.15, 0.2) is 17.5 Å². The van der Waals surface area contributed by atoms with Gasteiger partial charge in [0.2, 0.25) is 5.91 Å². The molecule has 2 atom stereocenters. The van der Waals surface area contributed by atoms with Crippen molar-refractivity contribution >= 4 is 23.2 Å². The van der Waals surface area contributed by atoms with Gasteiger partial charge in [0.05, 0.1) is 0 Å². The number of thiophene rings is 1. The van der Waals surface area contributed by atoms with Crippen molar-refractivity contribution in [3.8, 4) is 0 Å². The zero-order valence-corrected chi connectivity index (χ0v) is 10.7. The number of piperidine rings is 1. The van der Waals surface area contributed by atoms with Crippen LogP contribution in [0.1, 0.15) is 30.2 Å². The van der Waals surface area contributed by atoms with E-state index in [0.29, 0.717) is 13.0 Å². The summed E-state index contributed by atoms with van der Waals surface area (Å²) in [5.41, 5.74) is 5.90. The highest BCUT2D eigenvalue weighted by molar-refractivity contribution is 7.10. The average Bonchev–Trinajstić information content (AvgIpc) is 2.90. The quantitative estimate of drug-likeness (QED) is 0.863. The van der Waals surface area contributed by atoms with Gasteiger partial charge in [-0.15, -0.1) is 11.3 Å². The lowest BCUT2D eigenvalue weighted by molar-refractivity contribution is -0.152. The van der Waals surface area contributed by atoms with E-state index in [1.807, 2.05) is 11.4 Å². The summed E-state index contributed by atoms with van der Waals surface area (Å²) in [5, 5.41) is 11.0. The number of hydrogen-bond acceptors (Lipinski definition) is 4. The van der Waals surface area contributed by atoms with E-state index in [2.05, 4.69) is 0 Å². The third kappa shape index (κ3) is 2.54. The molecular weight excluding hydrogens is 252 g/mol. The highest BCUT2D eigenvalue weighted by atomic mass is 32.1. The SMILES string of the molecule is NC(C(=O)N1CCCC[C@H]1C(=O)O)c1cccs1. The Morgan fingerprint density at radius 2 is 2.28 bits per heavy atom. The molecule has 5 nitrogen and oxygen atoms in total. The molecule has 3 N–H and O–H groups in total. The fraction of sp³-hybridized carbons (Fsp3) is 0.500. The molecule has 2 heterocycles. The van der Waals surface area contributed by atoms with Gasteiger partial charge in [-0.25, -0.2) is 4.79 Å². The van der Waals surface area contributed by atoms with Crippen LogP contribution in [0.2, 0.25) is 0 Å². The van der Waals surface area contributed by atoms with Gasteiger partial charge in [0.15, 0.2) is 0 Å². The summed E-state index contributed by atoms with van der Waals surface area (Å²) in [4.78, 5) is 25.6. The molecule has 0 radical (unpaired) electrons. The van der Waals surface area contributed by atoms with Gasteiger partial charge in [-0.05, 0) is 30.7 Å². The Morgan fingerprint density at radius 1 is 1.50 bits per heavy atom. The van der Waals surface area contributed by atoms with Crippen molar-refractivity contribution in [1.82, 2.24) is 4.90 Å². The highest BCUT2D eigenvalue weighted by Crippen LogP contribution is 2.24. The lowest BCUT2D eigenvalue weighted by Crippen LogP contribution is -2.50. The number of likely N-dealkylation sites (tertiary alicyclic amines) is 1. The largest absolute Gasteiger partial charge is 0.480 e. The van der Waals surface area contributed by atoms with Gasteiger partial charge in [0.25, 0.3) is 0 Å². The summed E-state index contributed by atoms with van der Waals surface area (Å²) in [5.74, 6) is -1.23. The van der Waals surface area contributed by atoms with E-state index in [1.54, 1.807) is 6.07 Å². The number of carbonyl (C=O) groups is 2. The third-order valence-corrected chi connectivity index (χ3v) is 4.14. The second-order valence-electron chi connectivity index (χ2n) is 4.37. The van der Waals surface area contributed by atoms with Crippen LogP contribution in [-0.4, -0.2) is 34.5 Å². The van der Waals surface area contributed by atoms with Crippen LogP contribution in [0.5, 0.6) is 0 Å². The first-order valence-corrected chi connectivity index (χ1v) is 6.81. The number of hydrogen-bond donors (Lipinski definition) is 2. The molecule has 98 valence electrons. The highest BCUT2D eigenvalue weighted by Gasteiger charge is 2.34. The van der Waals surface area contributed by atoms with Crippen LogP contribution in [0.25, 0.3) is 0 Å². The predicted octanol–water partition coefficient (Wildman–Crippen LogP) is 1.21. The maximum Gasteiger partial charge on any atom is 0.326 e. The summed E-state index contributed by atoms with van der Waals surface area (Å²) in [6.45, 7) is 0.481. The van der Waals surface area contributed by atoms with Crippen molar-refractivity contribution in [2.45, 2.75) is 31.3 Å². The molecule has 1 amide bonds. The zero-order chi connectivity index (χ0) is 13.1. The van der Waals surface area contributed by atoms with Gasteiger partial charge in [-0.3, -0.25) is 4.79 Å². The molecule has 1 saturated heterocycles. The second-order valence-corrected chi connectivity index (χ2v) is 5.35. The van der Waals surface area contributed by atoms with Crippen molar-refractivity contribution < 1.29 is 14.7 Å². The molecule has 0 saturated carbocycles. The maximum absolute atomic E-state index is 12.3. The van der Waals surface area contributed by atoms with Gasteiger partial charge < -0.3 is 15.7 Å². The number of carbonyl (C=O) groups excluding carboxylic acids is 1. The summed E-state index contributed by atoms with van der Waals surface area (Å²) in [7, 11) is 0. The molecule has 18 heavy (non-hydrogen) atoms. The number of nitrogens with two attached hydrogens (primary N) is 1. The minimum atomic E-state index is -0.943. The summed E-state index contributed by atoms with van der Waals surface area (Å²) >= 11 is 1.41. The molecule has 1 aliphatic rings. The molecule has 1 unspecified atom stereocenters. The number of aliphatic carboxylic acids is 1. The van der Waals surface area contributed by atoms with Crippen LogP contribution in [0, 0.1) is 0 Å². The summed E-state index contributed by atoms with van der Waals surface area (Å²) in [6, 6.07) is 2.16. The van der Waals surface area contributed by atoms with E-state index < -0.39 is 18.1 Å². The van der Waals surface area contributed by atoms with Crippen molar-refractivity contribution in [2.75, 3.05) is 6.54 Å². The predicted molar refractivity (Wildman–Crippen MR) is 68.2 cm³/mol. The van der Waals surface area contributed by atoms with Crippen LogP contribution < -0.4 is 5.73 Å². The van der Waals surface area contributed by atoms with Gasteiger partial charge >= 0.3 is 5.97 Å². The molecule has 0 aromatic carbocycles. The fourth-order valence-electron chi connectivity index (χ4n) is 2.22. The number of amides is 1. The first-order chi connectivity index (χ1) is 8.61. The van der Waals surface area contributed by atoms with Gasteiger partial charge in [0.1, 0.15) is 12.1 Å². The maximum atomic E-state index is 12.3. The molecule has 2 rings (SSSR count). The monoisotopic (exact) mass is 268 g/mol. The third-order valence-electron chi connectivity index (χ3n) is 3.19. The minimum absolute atomic E-state index is 0.287. The van der Waals surface area contributed by atoms with Crippen molar-refractivity contribution in [3.63, 3.8) is 0 Å². The zero-order valence-electron chi connectivity index (χ0n) is 9.91. The summed E-state index contributed by atoms with van der Waals surface area (Å²) < 4.78 is 0. The number of carboxylic acids is 1. The topological polar surface area (TPSA) is 83.6 Å². The fourth-order valence-corrected chi connectivity index (χ4v) is 2.94. The minimum Gasteiger partial charge on any atom is -0.480 e. The smallest absolute Gasteiger partial charge is 0.326 e. The van der Waals surface area contributed by atoms with E-state index in [9.17, 15) is 9.59 Å². The number of rotatable bonds is 3. The molecule has 1 aromatic heterocycles. The lowest BCUT2D eigenvalue weighted by atomic mass is 10.0. The molecular formula is C12H16N2O3S. The van der Waals surface area contributed by atoms with Crippen molar-refractivity contribution in [1.29, 1.82) is 0 Å². The van der Waals surface area contributed by atoms with E-state index >= 15 is 0 Å². The Bertz CT molecular complexity index is 433. The Morgan fingerprint density at radius 3 is 2.89 bits per heavy atom. The Balaban J connectivity index is 2.13. The second kappa shape index (κ2) is 5.49. The first-order valence-electron chi connectivity index (χ1n) is 5.93. The molecule has 0 bridgehead atoms. The Labute approximate surface area is 109 Å². The van der Waals surface area contributed by atoms with Gasteiger partial charge in [0, 0.05) is 11.4 Å². The van der Waals surface area contributed by atoms with E-state index in [1.165, 1.54) is 16.2 Å². The van der Waals surface area contributed by atoms with E-state index in [0.717, 1.165) is 17.7 Å². The molecule has 0 aliphatic carbocycles. The first kappa shape index (κ1) is 13.0. The van der Waals surface area contributed by atoms with Crippen LogP contribution in [0.3, 0.4) is 0 Å². The van der Waals surface area contributed by atoms with Crippen LogP contribution in [0.4, 0.5) is 0 Å². The van der Waals surface area contributed by atoms with Gasteiger partial charge in [-0.2, -0.15) is 0 Å². The molecule has 0 spiro atoms. The molecule has 1 fully saturated rings. The summed E-state index contributed by atoms with van der Waals surface area (Å²) in [6.07, 6.45) is 2.19. The van der Waals surface area contributed by atoms with Gasteiger partial charge in [-0.1, -0.05) is 6.07 Å². The standard InChI is InChI=1S/C12H16N2O3S/c13-10(9-5-3-7-18-9)11(15)14-6-2-1-4-8(14)12(16)17/h3,5,7-8,10H,1-2,4,6,13H2,(H,16,17)/t8-,10?/m0/s1. The van der Waals surface area contributed by atoms with Crippen LogP contribution in [-0.2, 0) is 9.59 Å². The van der Waals surface area contributed by atoms with E-state index in [-0.39, 0.29) is 5.91 Å². The molecule has 6 heteroatoms. The van der Waals surface area contributed by atoms with Crippen molar-refractivity contribution in [3.05, 3.63) is 22.4 Å². The lowest BCUT2D eigenvalue weighted by Gasteiger charge is -2.34.